The van der Waals surface area contributed by atoms with Crippen molar-refractivity contribution in [3.05, 3.63) is 35.6 Å². The molecule has 0 unspecified atom stereocenters. The summed E-state index contributed by atoms with van der Waals surface area (Å²) in [5.74, 6) is -1.03. The molecule has 1 aromatic rings. The zero-order chi connectivity index (χ0) is 19.4. The van der Waals surface area contributed by atoms with Crippen LogP contribution in [0.1, 0.15) is 50.5 Å². The molecule has 0 aromatic heterocycles. The normalized spacial score (nSPS) is 26.3. The number of piperidine rings is 1. The topological polar surface area (TPSA) is 77.8 Å². The minimum absolute atomic E-state index is 0.00628. The highest BCUT2D eigenvalue weighted by Crippen LogP contribution is 2.36. The smallest absolute Gasteiger partial charge is 0.314 e. The Labute approximate surface area is 159 Å². The van der Waals surface area contributed by atoms with Crippen molar-refractivity contribution >= 4 is 11.9 Å². The van der Waals surface area contributed by atoms with E-state index in [2.05, 4.69) is 0 Å². The van der Waals surface area contributed by atoms with Crippen LogP contribution in [-0.2, 0) is 16.0 Å². The number of likely N-dealkylation sites (tertiary alicyclic amines) is 1. The van der Waals surface area contributed by atoms with Gasteiger partial charge in [-0.1, -0.05) is 37.8 Å². The molecule has 0 spiro atoms. The standard InChI is InChI=1S/C21H28FNO4/c22-17-7-3-6-16(12-17)13-21(20(26)27)14-23(11-10-18(21)24)19(25)9-8-15-4-1-2-5-15/h3,6-7,12,15,18,24H,1-2,4-5,8-11,13-14H2,(H,26,27)/t18-,21+/m0/s1. The molecule has 2 N–H and O–H groups in total. The van der Waals surface area contributed by atoms with Crippen LogP contribution < -0.4 is 0 Å². The van der Waals surface area contributed by atoms with Crippen LogP contribution in [-0.4, -0.2) is 46.2 Å². The van der Waals surface area contributed by atoms with Crippen LogP contribution in [0.2, 0.25) is 0 Å². The number of hydrogen-bond donors (Lipinski definition) is 2. The fourth-order valence-corrected chi connectivity index (χ4v) is 4.55. The first-order valence-corrected chi connectivity index (χ1v) is 9.84. The third-order valence-electron chi connectivity index (χ3n) is 6.21. The quantitative estimate of drug-likeness (QED) is 0.799. The Morgan fingerprint density at radius 2 is 1.96 bits per heavy atom. The molecule has 2 atom stereocenters. The Kier molecular flexibility index (Phi) is 6.15. The Morgan fingerprint density at radius 3 is 2.63 bits per heavy atom. The molecule has 1 saturated heterocycles. The van der Waals surface area contributed by atoms with Crippen molar-refractivity contribution in [3.63, 3.8) is 0 Å². The molecule has 2 aliphatic rings. The molecule has 1 amide bonds. The molecule has 1 aliphatic heterocycles. The van der Waals surface area contributed by atoms with Crippen LogP contribution >= 0.6 is 0 Å². The molecule has 2 fully saturated rings. The first-order valence-electron chi connectivity index (χ1n) is 9.84. The highest BCUT2D eigenvalue weighted by molar-refractivity contribution is 5.80. The van der Waals surface area contributed by atoms with E-state index in [4.69, 9.17) is 0 Å². The van der Waals surface area contributed by atoms with Crippen molar-refractivity contribution in [1.82, 2.24) is 4.90 Å². The van der Waals surface area contributed by atoms with Gasteiger partial charge in [-0.3, -0.25) is 9.59 Å². The minimum atomic E-state index is -1.50. The van der Waals surface area contributed by atoms with Crippen LogP contribution in [0, 0.1) is 17.2 Å². The molecule has 6 heteroatoms. The van der Waals surface area contributed by atoms with E-state index >= 15 is 0 Å². The van der Waals surface area contributed by atoms with E-state index in [9.17, 15) is 24.2 Å². The summed E-state index contributed by atoms with van der Waals surface area (Å²) in [4.78, 5) is 26.4. The fraction of sp³-hybridized carbons (Fsp3) is 0.619. The summed E-state index contributed by atoms with van der Waals surface area (Å²) in [5, 5.41) is 20.4. The van der Waals surface area contributed by atoms with Crippen molar-refractivity contribution in [2.45, 2.75) is 57.5 Å². The third kappa shape index (κ3) is 4.49. The van der Waals surface area contributed by atoms with Crippen molar-refractivity contribution in [2.24, 2.45) is 11.3 Å². The molecule has 1 saturated carbocycles. The van der Waals surface area contributed by atoms with Gasteiger partial charge in [-0.2, -0.15) is 0 Å². The van der Waals surface area contributed by atoms with Gasteiger partial charge in [-0.15, -0.1) is 0 Å². The molecule has 1 heterocycles. The molecule has 3 rings (SSSR count). The fourth-order valence-electron chi connectivity index (χ4n) is 4.55. The first kappa shape index (κ1) is 19.8. The van der Waals surface area contributed by atoms with E-state index < -0.39 is 23.3 Å². The minimum Gasteiger partial charge on any atom is -0.481 e. The molecular formula is C21H28FNO4. The monoisotopic (exact) mass is 377 g/mol. The molecule has 1 aliphatic carbocycles. The van der Waals surface area contributed by atoms with Crippen molar-refractivity contribution in [2.75, 3.05) is 13.1 Å². The highest BCUT2D eigenvalue weighted by atomic mass is 19.1. The predicted molar refractivity (Wildman–Crippen MR) is 98.6 cm³/mol. The number of hydrogen-bond acceptors (Lipinski definition) is 3. The lowest BCUT2D eigenvalue weighted by Gasteiger charge is -2.43. The van der Waals surface area contributed by atoms with Crippen LogP contribution in [0.3, 0.4) is 0 Å². The number of carbonyl (C=O) groups excluding carboxylic acids is 1. The summed E-state index contributed by atoms with van der Waals surface area (Å²) in [7, 11) is 0. The number of aliphatic hydroxyl groups is 1. The van der Waals surface area contributed by atoms with E-state index in [1.54, 1.807) is 11.0 Å². The first-order chi connectivity index (χ1) is 12.9. The average Bonchev–Trinajstić information content (AvgIpc) is 3.15. The SMILES string of the molecule is O=C(CCC1CCCC1)N1CC[C@H](O)[C@](Cc2cccc(F)c2)(C(=O)O)C1. The van der Waals surface area contributed by atoms with Gasteiger partial charge >= 0.3 is 5.97 Å². The summed E-state index contributed by atoms with van der Waals surface area (Å²) in [5.41, 5.74) is -0.994. The lowest BCUT2D eigenvalue weighted by Crippen LogP contribution is -2.58. The summed E-state index contributed by atoms with van der Waals surface area (Å²) < 4.78 is 13.5. The van der Waals surface area contributed by atoms with E-state index in [0.29, 0.717) is 24.4 Å². The Bertz CT molecular complexity index is 689. The summed E-state index contributed by atoms with van der Waals surface area (Å²) >= 11 is 0. The molecule has 1 aromatic carbocycles. The zero-order valence-electron chi connectivity index (χ0n) is 15.6. The van der Waals surface area contributed by atoms with E-state index in [1.807, 2.05) is 0 Å². The summed E-state index contributed by atoms with van der Waals surface area (Å²) in [6.07, 6.45) is 5.21. The molecule has 0 bridgehead atoms. The van der Waals surface area contributed by atoms with Crippen molar-refractivity contribution in [1.29, 1.82) is 0 Å². The van der Waals surface area contributed by atoms with Crippen molar-refractivity contribution < 1.29 is 24.2 Å². The number of nitrogens with zero attached hydrogens (tertiary/aromatic N) is 1. The highest BCUT2D eigenvalue weighted by Gasteiger charge is 2.50. The maximum atomic E-state index is 13.5. The number of amides is 1. The molecule has 0 radical (unpaired) electrons. The second kappa shape index (κ2) is 8.38. The van der Waals surface area contributed by atoms with Gasteiger partial charge < -0.3 is 15.1 Å². The van der Waals surface area contributed by atoms with Gasteiger partial charge in [-0.25, -0.2) is 4.39 Å². The molecule has 148 valence electrons. The number of carboxylic acids is 1. The van der Waals surface area contributed by atoms with Gasteiger partial charge in [-0.05, 0) is 42.9 Å². The molecule has 5 nitrogen and oxygen atoms in total. The number of halogens is 1. The summed E-state index contributed by atoms with van der Waals surface area (Å²) in [6, 6.07) is 5.77. The lowest BCUT2D eigenvalue weighted by atomic mass is 9.72. The number of rotatable bonds is 6. The lowest BCUT2D eigenvalue weighted by molar-refractivity contribution is -0.165. The van der Waals surface area contributed by atoms with Crippen molar-refractivity contribution in [3.8, 4) is 0 Å². The van der Waals surface area contributed by atoms with Crippen LogP contribution in [0.15, 0.2) is 24.3 Å². The van der Waals surface area contributed by atoms with Crippen LogP contribution in [0.4, 0.5) is 4.39 Å². The Morgan fingerprint density at radius 1 is 1.22 bits per heavy atom. The predicted octanol–water partition coefficient (Wildman–Crippen LogP) is 3.00. The number of carboxylic acid groups (broad SMARTS) is 1. The number of carbonyl (C=O) groups is 2. The van der Waals surface area contributed by atoms with E-state index in [0.717, 1.165) is 6.42 Å². The van der Waals surface area contributed by atoms with Gasteiger partial charge in [0.15, 0.2) is 0 Å². The van der Waals surface area contributed by atoms with Crippen LogP contribution in [0.5, 0.6) is 0 Å². The molecular weight excluding hydrogens is 349 g/mol. The maximum Gasteiger partial charge on any atom is 0.314 e. The van der Waals surface area contributed by atoms with Crippen LogP contribution in [0.25, 0.3) is 0 Å². The number of benzene rings is 1. The third-order valence-corrected chi connectivity index (χ3v) is 6.21. The van der Waals surface area contributed by atoms with Gasteiger partial charge in [0.1, 0.15) is 11.2 Å². The molecule has 27 heavy (non-hydrogen) atoms. The van der Waals surface area contributed by atoms with Gasteiger partial charge in [0, 0.05) is 19.5 Å². The number of aliphatic hydroxyl groups excluding tert-OH is 1. The van der Waals surface area contributed by atoms with Gasteiger partial charge in [0.25, 0.3) is 0 Å². The average molecular weight is 377 g/mol. The van der Waals surface area contributed by atoms with E-state index in [1.165, 1.54) is 43.9 Å². The second-order valence-electron chi connectivity index (χ2n) is 8.08. The maximum absolute atomic E-state index is 13.5. The Hall–Kier alpha value is -1.95. The van der Waals surface area contributed by atoms with Gasteiger partial charge in [0.05, 0.1) is 6.10 Å². The zero-order valence-corrected chi connectivity index (χ0v) is 15.6. The number of aliphatic carboxylic acids is 1. The van der Waals surface area contributed by atoms with Gasteiger partial charge in [0.2, 0.25) is 5.91 Å². The largest absolute Gasteiger partial charge is 0.481 e. The van der Waals surface area contributed by atoms with E-state index in [-0.39, 0.29) is 25.3 Å². The Balaban J connectivity index is 1.71. The summed E-state index contributed by atoms with van der Waals surface area (Å²) in [6.45, 7) is 0.326. The second-order valence-corrected chi connectivity index (χ2v) is 8.08.